The number of carbonyl (C=O) groups excluding carboxylic acids is 2. The zero-order chi connectivity index (χ0) is 19.1. The number of aromatic nitrogens is 1. The molecule has 2 aliphatic rings. The van der Waals surface area contributed by atoms with Crippen LogP contribution < -0.4 is 15.5 Å². The number of amides is 2. The molecule has 0 atom stereocenters. The number of nitrogens with zero attached hydrogens (tertiary/aromatic N) is 3. The van der Waals surface area contributed by atoms with Crippen LogP contribution in [-0.2, 0) is 4.79 Å². The lowest BCUT2D eigenvalue weighted by molar-refractivity contribution is -0.116. The first-order chi connectivity index (χ1) is 13.2. The normalized spacial score (nSPS) is 17.7. The van der Waals surface area contributed by atoms with Crippen molar-refractivity contribution in [3.05, 3.63) is 17.8 Å². The van der Waals surface area contributed by atoms with Gasteiger partial charge in [-0.1, -0.05) is 13.3 Å². The van der Waals surface area contributed by atoms with E-state index >= 15 is 0 Å². The molecule has 2 aliphatic heterocycles. The first-order valence-electron chi connectivity index (χ1n) is 10.2. The second kappa shape index (κ2) is 9.69. The molecule has 148 valence electrons. The van der Waals surface area contributed by atoms with Crippen molar-refractivity contribution >= 4 is 23.3 Å². The zero-order valence-electron chi connectivity index (χ0n) is 16.3. The van der Waals surface area contributed by atoms with E-state index in [0.717, 1.165) is 70.8 Å². The Morgan fingerprint density at radius 2 is 1.89 bits per heavy atom. The molecule has 3 heterocycles. The molecule has 3 rings (SSSR count). The number of hydrogen-bond acceptors (Lipinski definition) is 5. The van der Waals surface area contributed by atoms with Crippen molar-refractivity contribution in [3.8, 4) is 0 Å². The molecule has 2 fully saturated rings. The molecule has 0 bridgehead atoms. The third-order valence-corrected chi connectivity index (χ3v) is 5.20. The molecular weight excluding hydrogens is 342 g/mol. The Balaban J connectivity index is 1.82. The van der Waals surface area contributed by atoms with Crippen LogP contribution in [0.15, 0.2) is 12.3 Å². The van der Waals surface area contributed by atoms with E-state index in [1.54, 1.807) is 6.20 Å². The summed E-state index contributed by atoms with van der Waals surface area (Å²) in [5, 5.41) is 6.33. The summed E-state index contributed by atoms with van der Waals surface area (Å²) >= 11 is 0. The average molecular weight is 374 g/mol. The molecule has 2 saturated heterocycles. The Labute approximate surface area is 161 Å². The molecule has 7 heteroatoms. The quantitative estimate of drug-likeness (QED) is 0.800. The molecule has 0 spiro atoms. The molecule has 0 radical (unpaired) electrons. The highest BCUT2D eigenvalue weighted by Crippen LogP contribution is 2.26. The van der Waals surface area contributed by atoms with Gasteiger partial charge in [-0.25, -0.2) is 4.98 Å². The number of piperidine rings is 1. The molecule has 0 unspecified atom stereocenters. The van der Waals surface area contributed by atoms with Gasteiger partial charge in [0.15, 0.2) is 5.82 Å². The van der Waals surface area contributed by atoms with E-state index in [9.17, 15) is 9.59 Å². The minimum atomic E-state index is -0.0161. The summed E-state index contributed by atoms with van der Waals surface area (Å²) in [6, 6.07) is 1.81. The third-order valence-electron chi connectivity index (χ3n) is 5.20. The van der Waals surface area contributed by atoms with E-state index in [2.05, 4.69) is 27.4 Å². The Hall–Kier alpha value is -2.15. The SMILES string of the molecule is CCCCC(=O)Nc1cc(C(=O)N2CCCCC2)cnc1N1CCNCC1. The standard InChI is InChI=1S/C20H31N5O2/c1-2-3-7-18(26)23-17-14-16(20(27)25-10-5-4-6-11-25)15-22-19(17)24-12-8-21-9-13-24/h14-15,21H,2-13H2,1H3,(H,23,26). The second-order valence-electron chi connectivity index (χ2n) is 7.34. The van der Waals surface area contributed by atoms with Crippen LogP contribution in [0.5, 0.6) is 0 Å². The monoisotopic (exact) mass is 373 g/mol. The Bertz CT molecular complexity index is 652. The van der Waals surface area contributed by atoms with Crippen molar-refractivity contribution in [1.82, 2.24) is 15.2 Å². The van der Waals surface area contributed by atoms with Crippen LogP contribution in [-0.4, -0.2) is 61.0 Å². The minimum Gasteiger partial charge on any atom is -0.352 e. The van der Waals surface area contributed by atoms with Crippen molar-refractivity contribution in [2.45, 2.75) is 45.4 Å². The van der Waals surface area contributed by atoms with E-state index in [4.69, 9.17) is 0 Å². The van der Waals surface area contributed by atoms with Crippen molar-refractivity contribution in [3.63, 3.8) is 0 Å². The number of pyridine rings is 1. The number of likely N-dealkylation sites (tertiary alicyclic amines) is 1. The van der Waals surface area contributed by atoms with Crippen LogP contribution >= 0.6 is 0 Å². The first-order valence-corrected chi connectivity index (χ1v) is 10.2. The van der Waals surface area contributed by atoms with Gasteiger partial charge in [-0.05, 0) is 31.7 Å². The van der Waals surface area contributed by atoms with E-state index in [-0.39, 0.29) is 11.8 Å². The number of anilines is 2. The summed E-state index contributed by atoms with van der Waals surface area (Å²) in [6.45, 7) is 7.12. The molecule has 1 aromatic rings. The fourth-order valence-electron chi connectivity index (χ4n) is 3.62. The predicted molar refractivity (Wildman–Crippen MR) is 107 cm³/mol. The number of rotatable bonds is 6. The van der Waals surface area contributed by atoms with Gasteiger partial charge >= 0.3 is 0 Å². The van der Waals surface area contributed by atoms with Gasteiger partial charge in [0.2, 0.25) is 5.91 Å². The van der Waals surface area contributed by atoms with Gasteiger partial charge in [0.05, 0.1) is 11.3 Å². The van der Waals surface area contributed by atoms with E-state index in [0.29, 0.717) is 17.7 Å². The molecule has 1 aromatic heterocycles. The molecule has 2 amide bonds. The summed E-state index contributed by atoms with van der Waals surface area (Å²) in [5.74, 6) is 0.757. The van der Waals surface area contributed by atoms with Crippen molar-refractivity contribution in [1.29, 1.82) is 0 Å². The van der Waals surface area contributed by atoms with Crippen molar-refractivity contribution in [2.24, 2.45) is 0 Å². The lowest BCUT2D eigenvalue weighted by Crippen LogP contribution is -2.44. The smallest absolute Gasteiger partial charge is 0.255 e. The first kappa shape index (κ1) is 19.6. The number of carbonyl (C=O) groups is 2. The summed E-state index contributed by atoms with van der Waals surface area (Å²) in [7, 11) is 0. The Morgan fingerprint density at radius 1 is 1.15 bits per heavy atom. The van der Waals surface area contributed by atoms with Gasteiger partial charge in [-0.15, -0.1) is 0 Å². The maximum absolute atomic E-state index is 12.8. The van der Waals surface area contributed by atoms with Gasteiger partial charge in [0.1, 0.15) is 0 Å². The van der Waals surface area contributed by atoms with Gasteiger partial charge in [-0.2, -0.15) is 0 Å². The topological polar surface area (TPSA) is 77.6 Å². The average Bonchev–Trinajstić information content (AvgIpc) is 2.73. The predicted octanol–water partition coefficient (Wildman–Crippen LogP) is 2.25. The van der Waals surface area contributed by atoms with Gasteiger partial charge in [-0.3, -0.25) is 9.59 Å². The van der Waals surface area contributed by atoms with Gasteiger partial charge < -0.3 is 20.4 Å². The zero-order valence-corrected chi connectivity index (χ0v) is 16.3. The second-order valence-corrected chi connectivity index (χ2v) is 7.34. The number of unbranched alkanes of at least 4 members (excludes halogenated alkanes) is 1. The van der Waals surface area contributed by atoms with Crippen LogP contribution in [0.1, 0.15) is 55.8 Å². The highest BCUT2D eigenvalue weighted by atomic mass is 16.2. The Morgan fingerprint density at radius 3 is 2.59 bits per heavy atom. The largest absolute Gasteiger partial charge is 0.352 e. The highest BCUT2D eigenvalue weighted by Gasteiger charge is 2.22. The molecular formula is C20H31N5O2. The maximum Gasteiger partial charge on any atom is 0.255 e. The van der Waals surface area contributed by atoms with Crippen molar-refractivity contribution in [2.75, 3.05) is 49.5 Å². The number of nitrogens with one attached hydrogen (secondary N) is 2. The van der Waals surface area contributed by atoms with Crippen LogP contribution in [0.3, 0.4) is 0 Å². The summed E-state index contributed by atoms with van der Waals surface area (Å²) < 4.78 is 0. The van der Waals surface area contributed by atoms with Gasteiger partial charge in [0.25, 0.3) is 5.91 Å². The van der Waals surface area contributed by atoms with Crippen molar-refractivity contribution < 1.29 is 9.59 Å². The lowest BCUT2D eigenvalue weighted by Gasteiger charge is -2.31. The maximum atomic E-state index is 12.8. The molecule has 0 aliphatic carbocycles. The summed E-state index contributed by atoms with van der Waals surface area (Å²) in [4.78, 5) is 33.8. The number of hydrogen-bond donors (Lipinski definition) is 2. The van der Waals surface area contributed by atoms with Crippen LogP contribution in [0.4, 0.5) is 11.5 Å². The van der Waals surface area contributed by atoms with Gasteiger partial charge in [0, 0.05) is 51.9 Å². The third kappa shape index (κ3) is 5.19. The Kier molecular flexibility index (Phi) is 7.04. The van der Waals surface area contributed by atoms with Crippen LogP contribution in [0.2, 0.25) is 0 Å². The van der Waals surface area contributed by atoms with Crippen LogP contribution in [0.25, 0.3) is 0 Å². The fourth-order valence-corrected chi connectivity index (χ4v) is 3.62. The fraction of sp³-hybridized carbons (Fsp3) is 0.650. The summed E-state index contributed by atoms with van der Waals surface area (Å²) in [6.07, 6.45) is 7.27. The van der Waals surface area contributed by atoms with E-state index in [1.165, 1.54) is 6.42 Å². The molecule has 7 nitrogen and oxygen atoms in total. The van der Waals surface area contributed by atoms with Crippen LogP contribution in [0, 0.1) is 0 Å². The molecule has 2 N–H and O–H groups in total. The highest BCUT2D eigenvalue weighted by molar-refractivity contribution is 5.99. The molecule has 0 saturated carbocycles. The molecule has 27 heavy (non-hydrogen) atoms. The van der Waals surface area contributed by atoms with E-state index < -0.39 is 0 Å². The van der Waals surface area contributed by atoms with E-state index in [1.807, 2.05) is 11.0 Å². The lowest BCUT2D eigenvalue weighted by atomic mass is 10.1. The minimum absolute atomic E-state index is 0.0121. The summed E-state index contributed by atoms with van der Waals surface area (Å²) in [5.41, 5.74) is 1.21. The molecule has 0 aromatic carbocycles. The number of piperazine rings is 1.